The Balaban J connectivity index is 1.82. The van der Waals surface area contributed by atoms with Gasteiger partial charge in [-0.15, -0.1) is 0 Å². The maximum atomic E-state index is 9.52. The van der Waals surface area contributed by atoms with Crippen LogP contribution in [-0.4, -0.2) is 39.0 Å². The van der Waals surface area contributed by atoms with Gasteiger partial charge in [-0.25, -0.2) is 0 Å². The number of para-hydroxylation sites is 1. The lowest BCUT2D eigenvalue weighted by atomic mass is 10.1. The van der Waals surface area contributed by atoms with Gasteiger partial charge in [0.15, 0.2) is 0 Å². The zero-order valence-corrected chi connectivity index (χ0v) is 10.7. The van der Waals surface area contributed by atoms with Crippen molar-refractivity contribution in [2.45, 2.75) is 25.5 Å². The van der Waals surface area contributed by atoms with E-state index in [0.717, 1.165) is 38.2 Å². The maximum absolute atomic E-state index is 9.52. The quantitative estimate of drug-likeness (QED) is 0.872. The van der Waals surface area contributed by atoms with E-state index in [-0.39, 0.29) is 6.10 Å². The summed E-state index contributed by atoms with van der Waals surface area (Å²) in [5.74, 6) is 0. The number of nitrogens with zero attached hydrogens (tertiary/aromatic N) is 3. The zero-order chi connectivity index (χ0) is 12.5. The van der Waals surface area contributed by atoms with Crippen molar-refractivity contribution in [3.8, 4) is 0 Å². The van der Waals surface area contributed by atoms with Gasteiger partial charge >= 0.3 is 0 Å². The number of aryl methyl sites for hydroxylation is 1. The first-order chi connectivity index (χ1) is 8.74. The number of piperidine rings is 1. The zero-order valence-electron chi connectivity index (χ0n) is 10.7. The van der Waals surface area contributed by atoms with Gasteiger partial charge in [0.1, 0.15) is 0 Å². The highest BCUT2D eigenvalue weighted by Gasteiger charge is 2.19. The second-order valence-corrected chi connectivity index (χ2v) is 5.09. The lowest BCUT2D eigenvalue weighted by Crippen LogP contribution is -2.35. The number of aromatic nitrogens is 2. The molecule has 1 aliphatic heterocycles. The van der Waals surface area contributed by atoms with Gasteiger partial charge < -0.3 is 5.11 Å². The average Bonchev–Trinajstić information content (AvgIpc) is 2.70. The van der Waals surface area contributed by atoms with Crippen LogP contribution in [0.4, 0.5) is 0 Å². The molecule has 0 saturated carbocycles. The van der Waals surface area contributed by atoms with E-state index < -0.39 is 0 Å². The number of aliphatic hydroxyl groups is 1. The highest BCUT2D eigenvalue weighted by Crippen LogP contribution is 2.20. The Kier molecular flexibility index (Phi) is 3.06. The molecule has 2 aromatic rings. The molecule has 2 heterocycles. The molecule has 1 aliphatic rings. The number of fused-ring (bicyclic) bond motifs is 1. The van der Waals surface area contributed by atoms with Crippen LogP contribution in [-0.2, 0) is 13.6 Å². The largest absolute Gasteiger partial charge is 0.393 e. The van der Waals surface area contributed by atoms with Gasteiger partial charge in [-0.3, -0.25) is 9.58 Å². The second-order valence-electron chi connectivity index (χ2n) is 5.09. The molecule has 18 heavy (non-hydrogen) atoms. The highest BCUT2D eigenvalue weighted by atomic mass is 16.3. The highest BCUT2D eigenvalue weighted by molar-refractivity contribution is 5.81. The summed E-state index contributed by atoms with van der Waals surface area (Å²) in [4.78, 5) is 2.38. The van der Waals surface area contributed by atoms with Crippen molar-refractivity contribution in [3.05, 3.63) is 30.0 Å². The standard InChI is InChI=1S/C14H19N3O/c1-16-14-5-3-2-4-12(14)13(15-16)10-17-8-6-11(18)7-9-17/h2-5,11,18H,6-10H2,1H3. The molecule has 4 heteroatoms. The van der Waals surface area contributed by atoms with Crippen LogP contribution in [0.5, 0.6) is 0 Å². The number of hydrogen-bond donors (Lipinski definition) is 1. The predicted octanol–water partition coefficient (Wildman–Crippen LogP) is 1.53. The predicted molar refractivity (Wildman–Crippen MR) is 71.2 cm³/mol. The van der Waals surface area contributed by atoms with Crippen LogP contribution in [0, 0.1) is 0 Å². The summed E-state index contributed by atoms with van der Waals surface area (Å²) < 4.78 is 1.95. The third-order valence-electron chi connectivity index (χ3n) is 3.76. The molecule has 0 spiro atoms. The summed E-state index contributed by atoms with van der Waals surface area (Å²) in [5, 5.41) is 15.4. The van der Waals surface area contributed by atoms with Gasteiger partial charge in [0.05, 0.1) is 17.3 Å². The Morgan fingerprint density at radius 2 is 2.00 bits per heavy atom. The number of benzene rings is 1. The van der Waals surface area contributed by atoms with E-state index in [9.17, 15) is 5.11 Å². The van der Waals surface area contributed by atoms with E-state index in [1.165, 1.54) is 10.9 Å². The van der Waals surface area contributed by atoms with Crippen LogP contribution >= 0.6 is 0 Å². The van der Waals surface area contributed by atoms with Crippen molar-refractivity contribution in [1.29, 1.82) is 0 Å². The first kappa shape index (κ1) is 11.7. The third kappa shape index (κ3) is 2.13. The minimum Gasteiger partial charge on any atom is -0.393 e. The summed E-state index contributed by atoms with van der Waals surface area (Å²) >= 11 is 0. The lowest BCUT2D eigenvalue weighted by Gasteiger charge is -2.28. The lowest BCUT2D eigenvalue weighted by molar-refractivity contribution is 0.0788. The van der Waals surface area contributed by atoms with Crippen LogP contribution in [0.2, 0.25) is 0 Å². The molecule has 0 atom stereocenters. The van der Waals surface area contributed by atoms with Gasteiger partial charge in [0, 0.05) is 32.1 Å². The smallest absolute Gasteiger partial charge is 0.0843 e. The maximum Gasteiger partial charge on any atom is 0.0843 e. The Morgan fingerprint density at radius 1 is 1.28 bits per heavy atom. The van der Waals surface area contributed by atoms with Gasteiger partial charge in [-0.1, -0.05) is 18.2 Å². The van der Waals surface area contributed by atoms with Crippen LogP contribution < -0.4 is 0 Å². The van der Waals surface area contributed by atoms with Crippen molar-refractivity contribution < 1.29 is 5.11 Å². The van der Waals surface area contributed by atoms with Gasteiger partial charge in [0.2, 0.25) is 0 Å². The summed E-state index contributed by atoms with van der Waals surface area (Å²) in [6.07, 6.45) is 1.65. The van der Waals surface area contributed by atoms with Crippen LogP contribution in [0.1, 0.15) is 18.5 Å². The van der Waals surface area contributed by atoms with Gasteiger partial charge in [0.25, 0.3) is 0 Å². The minimum atomic E-state index is -0.110. The van der Waals surface area contributed by atoms with Crippen LogP contribution in [0.25, 0.3) is 10.9 Å². The Labute approximate surface area is 107 Å². The first-order valence-electron chi connectivity index (χ1n) is 6.55. The van der Waals surface area contributed by atoms with E-state index in [1.54, 1.807) is 0 Å². The van der Waals surface area contributed by atoms with E-state index in [2.05, 4.69) is 28.2 Å². The van der Waals surface area contributed by atoms with Gasteiger partial charge in [-0.05, 0) is 18.9 Å². The van der Waals surface area contributed by atoms with Crippen LogP contribution in [0.15, 0.2) is 24.3 Å². The van der Waals surface area contributed by atoms with E-state index in [0.29, 0.717) is 0 Å². The van der Waals surface area contributed by atoms with E-state index in [4.69, 9.17) is 0 Å². The van der Waals surface area contributed by atoms with Crippen LogP contribution in [0.3, 0.4) is 0 Å². The molecule has 0 amide bonds. The SMILES string of the molecule is Cn1nc(CN2CCC(O)CC2)c2ccccc21. The van der Waals surface area contributed by atoms with Crippen molar-refractivity contribution >= 4 is 10.9 Å². The third-order valence-corrected chi connectivity index (χ3v) is 3.76. The molecule has 0 aliphatic carbocycles. The van der Waals surface area contributed by atoms with Gasteiger partial charge in [-0.2, -0.15) is 5.10 Å². The van der Waals surface area contributed by atoms with Crippen molar-refractivity contribution in [1.82, 2.24) is 14.7 Å². The Hall–Kier alpha value is -1.39. The molecule has 1 aromatic heterocycles. The molecular formula is C14H19N3O. The molecule has 1 saturated heterocycles. The topological polar surface area (TPSA) is 41.3 Å². The molecule has 1 N–H and O–H groups in total. The molecule has 0 unspecified atom stereocenters. The Bertz CT molecular complexity index is 541. The van der Waals surface area contributed by atoms with Crippen molar-refractivity contribution in [2.24, 2.45) is 7.05 Å². The summed E-state index contributed by atoms with van der Waals surface area (Å²) in [6.45, 7) is 2.81. The number of rotatable bonds is 2. The normalized spacial score (nSPS) is 18.6. The molecule has 0 radical (unpaired) electrons. The molecule has 4 nitrogen and oxygen atoms in total. The fourth-order valence-corrected chi connectivity index (χ4v) is 2.69. The van der Waals surface area contributed by atoms with E-state index >= 15 is 0 Å². The minimum absolute atomic E-state index is 0.110. The fourth-order valence-electron chi connectivity index (χ4n) is 2.69. The summed E-state index contributed by atoms with van der Waals surface area (Å²) in [6, 6.07) is 8.35. The molecular weight excluding hydrogens is 226 g/mol. The molecule has 96 valence electrons. The fraction of sp³-hybridized carbons (Fsp3) is 0.500. The monoisotopic (exact) mass is 245 g/mol. The van der Waals surface area contributed by atoms with Crippen molar-refractivity contribution in [3.63, 3.8) is 0 Å². The molecule has 1 fully saturated rings. The summed E-state index contributed by atoms with van der Waals surface area (Å²) in [5.41, 5.74) is 2.33. The Morgan fingerprint density at radius 3 is 2.78 bits per heavy atom. The summed E-state index contributed by atoms with van der Waals surface area (Å²) in [7, 11) is 1.99. The number of likely N-dealkylation sites (tertiary alicyclic amines) is 1. The van der Waals surface area contributed by atoms with Crippen molar-refractivity contribution in [2.75, 3.05) is 13.1 Å². The molecule has 0 bridgehead atoms. The average molecular weight is 245 g/mol. The second kappa shape index (κ2) is 4.71. The molecule has 3 rings (SSSR count). The first-order valence-corrected chi connectivity index (χ1v) is 6.55. The number of hydrogen-bond acceptors (Lipinski definition) is 3. The number of aliphatic hydroxyl groups excluding tert-OH is 1. The molecule has 1 aromatic carbocycles. The van der Waals surface area contributed by atoms with E-state index in [1.807, 2.05) is 17.8 Å².